The van der Waals surface area contributed by atoms with Gasteiger partial charge in [-0.25, -0.2) is 4.39 Å². The topological polar surface area (TPSA) is 0 Å². The Bertz CT molecular complexity index is 1390. The lowest BCUT2D eigenvalue weighted by Crippen LogP contribution is -1.88. The van der Waals surface area contributed by atoms with Gasteiger partial charge in [-0.2, -0.15) is 0 Å². The van der Waals surface area contributed by atoms with Crippen LogP contribution in [0.5, 0.6) is 0 Å². The smallest absolute Gasteiger partial charge is 0.146 e. The number of benzene rings is 4. The lowest BCUT2D eigenvalue weighted by Gasteiger charge is -2.03. The SMILES string of the molecule is CCCCCc1ccc(C#Cc2ccc3cc(C#Cc4ccc(CC)cc4)ccc3c2F)cc1. The first-order valence-corrected chi connectivity index (χ1v) is 12.1. The zero-order chi connectivity index (χ0) is 23.8. The fourth-order valence-electron chi connectivity index (χ4n) is 3.91. The van der Waals surface area contributed by atoms with E-state index in [0.29, 0.717) is 10.9 Å². The molecule has 34 heavy (non-hydrogen) atoms. The molecule has 1 heteroatoms. The molecule has 0 amide bonds. The van der Waals surface area contributed by atoms with Crippen LogP contribution in [0.3, 0.4) is 0 Å². The second-order valence-corrected chi connectivity index (χ2v) is 8.57. The van der Waals surface area contributed by atoms with Crippen molar-refractivity contribution in [1.29, 1.82) is 0 Å². The monoisotopic (exact) mass is 444 g/mol. The number of rotatable bonds is 5. The van der Waals surface area contributed by atoms with Crippen molar-refractivity contribution >= 4 is 10.8 Å². The number of halogens is 1. The predicted molar refractivity (Wildman–Crippen MR) is 141 cm³/mol. The van der Waals surface area contributed by atoms with Crippen LogP contribution in [0, 0.1) is 29.5 Å². The Morgan fingerprint density at radius 2 is 1.24 bits per heavy atom. The van der Waals surface area contributed by atoms with Gasteiger partial charge in [-0.3, -0.25) is 0 Å². The van der Waals surface area contributed by atoms with Gasteiger partial charge in [-0.1, -0.05) is 86.8 Å². The zero-order valence-electron chi connectivity index (χ0n) is 19.9. The van der Waals surface area contributed by atoms with Gasteiger partial charge in [0.05, 0.1) is 5.56 Å². The summed E-state index contributed by atoms with van der Waals surface area (Å²) in [7, 11) is 0. The van der Waals surface area contributed by atoms with E-state index in [9.17, 15) is 0 Å². The van der Waals surface area contributed by atoms with E-state index in [1.165, 1.54) is 30.4 Å². The van der Waals surface area contributed by atoms with Gasteiger partial charge in [0.25, 0.3) is 0 Å². The standard InChI is InChI=1S/C33H29F/c1-3-5-6-7-26-12-14-28(15-13-26)18-20-30-21-22-31-24-29(19-23-32(31)33(30)34)17-16-27-10-8-25(4-2)9-11-27/h8-15,19,21-24H,3-7H2,1-2H3. The fraction of sp³-hybridized carbons (Fsp3) is 0.212. The van der Waals surface area contributed by atoms with Gasteiger partial charge in [0.1, 0.15) is 5.82 Å². The summed E-state index contributed by atoms with van der Waals surface area (Å²) in [5.41, 5.74) is 5.77. The summed E-state index contributed by atoms with van der Waals surface area (Å²) in [6.45, 7) is 4.35. The Morgan fingerprint density at radius 1 is 0.618 bits per heavy atom. The quantitative estimate of drug-likeness (QED) is 0.216. The molecular weight excluding hydrogens is 415 g/mol. The number of unbranched alkanes of at least 4 members (excludes halogenated alkanes) is 2. The van der Waals surface area contributed by atoms with Crippen molar-refractivity contribution < 1.29 is 4.39 Å². The average Bonchev–Trinajstić information content (AvgIpc) is 2.88. The van der Waals surface area contributed by atoms with Crippen LogP contribution in [0.25, 0.3) is 10.8 Å². The van der Waals surface area contributed by atoms with Crippen LogP contribution in [0.2, 0.25) is 0 Å². The van der Waals surface area contributed by atoms with Crippen LogP contribution in [-0.4, -0.2) is 0 Å². The van der Waals surface area contributed by atoms with E-state index in [4.69, 9.17) is 0 Å². The first-order valence-electron chi connectivity index (χ1n) is 12.1. The highest BCUT2D eigenvalue weighted by atomic mass is 19.1. The molecule has 0 saturated heterocycles. The van der Waals surface area contributed by atoms with E-state index < -0.39 is 0 Å². The van der Waals surface area contributed by atoms with Crippen molar-refractivity contribution in [3.8, 4) is 23.7 Å². The van der Waals surface area contributed by atoms with Crippen molar-refractivity contribution in [3.05, 3.63) is 118 Å². The molecule has 0 saturated carbocycles. The minimum atomic E-state index is -0.282. The Morgan fingerprint density at radius 3 is 1.91 bits per heavy atom. The minimum absolute atomic E-state index is 0.282. The molecule has 4 aromatic rings. The molecule has 0 nitrogen and oxygen atoms in total. The van der Waals surface area contributed by atoms with Crippen LogP contribution in [0.4, 0.5) is 4.39 Å². The lowest BCUT2D eigenvalue weighted by atomic mass is 10.0. The Hall–Kier alpha value is -3.81. The molecular formula is C33H29F. The Labute approximate surface area is 202 Å². The summed E-state index contributed by atoms with van der Waals surface area (Å²) in [6, 6.07) is 25.8. The largest absolute Gasteiger partial charge is 0.205 e. The van der Waals surface area contributed by atoms with E-state index in [-0.39, 0.29) is 5.82 Å². The van der Waals surface area contributed by atoms with Gasteiger partial charge in [0.2, 0.25) is 0 Å². The number of aryl methyl sites for hydroxylation is 2. The maximum absolute atomic E-state index is 15.1. The Balaban J connectivity index is 1.51. The van der Waals surface area contributed by atoms with Crippen molar-refractivity contribution in [1.82, 2.24) is 0 Å². The van der Waals surface area contributed by atoms with Crippen LogP contribution in [-0.2, 0) is 12.8 Å². The highest BCUT2D eigenvalue weighted by Crippen LogP contribution is 2.22. The van der Waals surface area contributed by atoms with E-state index in [0.717, 1.165) is 34.9 Å². The lowest BCUT2D eigenvalue weighted by molar-refractivity contribution is 0.636. The van der Waals surface area contributed by atoms with Crippen LogP contribution in [0.1, 0.15) is 66.5 Å². The molecule has 0 aliphatic rings. The first-order chi connectivity index (χ1) is 16.7. The van der Waals surface area contributed by atoms with Crippen LogP contribution in [0.15, 0.2) is 78.9 Å². The molecule has 168 valence electrons. The first kappa shape index (κ1) is 23.4. The summed E-state index contributed by atoms with van der Waals surface area (Å²) < 4.78 is 15.1. The number of hydrogen-bond acceptors (Lipinski definition) is 0. The highest BCUT2D eigenvalue weighted by Gasteiger charge is 2.06. The number of hydrogen-bond donors (Lipinski definition) is 0. The van der Waals surface area contributed by atoms with Gasteiger partial charge in [-0.15, -0.1) is 0 Å². The Kier molecular flexibility index (Phi) is 7.80. The fourth-order valence-corrected chi connectivity index (χ4v) is 3.91. The van der Waals surface area contributed by atoms with Crippen molar-refractivity contribution in [2.45, 2.75) is 46.0 Å². The molecule has 0 heterocycles. The van der Waals surface area contributed by atoms with Gasteiger partial charge in [0, 0.05) is 22.1 Å². The van der Waals surface area contributed by atoms with E-state index >= 15 is 4.39 Å². The van der Waals surface area contributed by atoms with Crippen molar-refractivity contribution in [2.75, 3.05) is 0 Å². The third kappa shape index (κ3) is 5.95. The second kappa shape index (κ2) is 11.4. The molecule has 0 bridgehead atoms. The van der Waals surface area contributed by atoms with Gasteiger partial charge >= 0.3 is 0 Å². The van der Waals surface area contributed by atoms with Crippen LogP contribution < -0.4 is 0 Å². The number of fused-ring (bicyclic) bond motifs is 1. The molecule has 0 unspecified atom stereocenters. The molecule has 0 aromatic heterocycles. The molecule has 0 fully saturated rings. The van der Waals surface area contributed by atoms with Crippen molar-refractivity contribution in [2.24, 2.45) is 0 Å². The third-order valence-corrected chi connectivity index (χ3v) is 6.03. The summed E-state index contributed by atoms with van der Waals surface area (Å²) in [4.78, 5) is 0. The molecule has 4 rings (SSSR count). The zero-order valence-corrected chi connectivity index (χ0v) is 19.9. The van der Waals surface area contributed by atoms with Crippen LogP contribution >= 0.6 is 0 Å². The maximum Gasteiger partial charge on any atom is 0.146 e. The average molecular weight is 445 g/mol. The summed E-state index contributed by atoms with van der Waals surface area (Å²) in [5, 5.41) is 1.39. The summed E-state index contributed by atoms with van der Waals surface area (Å²) in [5.74, 6) is 12.2. The molecule has 0 spiro atoms. The summed E-state index contributed by atoms with van der Waals surface area (Å²) >= 11 is 0. The molecule has 0 atom stereocenters. The molecule has 0 aliphatic heterocycles. The third-order valence-electron chi connectivity index (χ3n) is 6.03. The highest BCUT2D eigenvalue weighted by molar-refractivity contribution is 5.86. The predicted octanol–water partition coefficient (Wildman–Crippen LogP) is 8.07. The molecule has 0 aliphatic carbocycles. The van der Waals surface area contributed by atoms with E-state index in [2.05, 4.69) is 61.8 Å². The normalized spacial score (nSPS) is 10.3. The van der Waals surface area contributed by atoms with Gasteiger partial charge in [-0.05, 0) is 78.2 Å². The molecule has 4 aromatic carbocycles. The minimum Gasteiger partial charge on any atom is -0.205 e. The summed E-state index contributed by atoms with van der Waals surface area (Å²) in [6.07, 6.45) is 5.80. The van der Waals surface area contributed by atoms with Crippen molar-refractivity contribution in [3.63, 3.8) is 0 Å². The van der Waals surface area contributed by atoms with Gasteiger partial charge < -0.3 is 0 Å². The second-order valence-electron chi connectivity index (χ2n) is 8.57. The molecule has 0 radical (unpaired) electrons. The molecule has 0 N–H and O–H groups in total. The van der Waals surface area contributed by atoms with E-state index in [1.54, 1.807) is 12.1 Å². The maximum atomic E-state index is 15.1. The van der Waals surface area contributed by atoms with Gasteiger partial charge in [0.15, 0.2) is 0 Å². The van der Waals surface area contributed by atoms with E-state index in [1.807, 2.05) is 42.5 Å².